The number of nitrogens with two attached hydrogens (primary N) is 1. The Morgan fingerprint density at radius 3 is 2.85 bits per heavy atom. The van der Waals surface area contributed by atoms with Crippen LogP contribution in [0.5, 0.6) is 0 Å². The van der Waals surface area contributed by atoms with Crippen LogP contribution in [-0.2, 0) is 16.1 Å². The molecule has 0 radical (unpaired) electrons. The Labute approximate surface area is 116 Å². The van der Waals surface area contributed by atoms with Gasteiger partial charge in [0.1, 0.15) is 0 Å². The lowest BCUT2D eigenvalue weighted by Crippen LogP contribution is -2.32. The Morgan fingerprint density at radius 1 is 1.50 bits per heavy atom. The number of hydrogen-bond acceptors (Lipinski definition) is 4. The number of nitrogens with one attached hydrogen (secondary N) is 2. The molecule has 0 bridgehead atoms. The number of carbonyl (C=O) groups excluding carboxylic acids is 3. The largest absolute Gasteiger partial charge is 0.329 e. The zero-order valence-electron chi connectivity index (χ0n) is 11.1. The third-order valence-electron chi connectivity index (χ3n) is 2.89. The van der Waals surface area contributed by atoms with Crippen LogP contribution in [0.1, 0.15) is 12.5 Å². The van der Waals surface area contributed by atoms with Crippen molar-refractivity contribution in [3.8, 4) is 0 Å². The quantitative estimate of drug-likeness (QED) is 0.674. The van der Waals surface area contributed by atoms with Gasteiger partial charge in [0.05, 0.1) is 19.1 Å². The monoisotopic (exact) mass is 276 g/mol. The molecule has 1 heterocycles. The number of amides is 4. The van der Waals surface area contributed by atoms with Gasteiger partial charge >= 0.3 is 6.03 Å². The van der Waals surface area contributed by atoms with E-state index in [1.165, 1.54) is 0 Å². The molecule has 1 aliphatic heterocycles. The second kappa shape index (κ2) is 5.70. The first-order chi connectivity index (χ1) is 9.47. The van der Waals surface area contributed by atoms with Crippen molar-refractivity contribution in [3.05, 3.63) is 29.8 Å². The molecule has 0 aliphatic carbocycles. The maximum Gasteiger partial charge on any atom is 0.324 e. The molecule has 1 aromatic rings. The van der Waals surface area contributed by atoms with E-state index >= 15 is 0 Å². The van der Waals surface area contributed by atoms with Crippen molar-refractivity contribution in [2.75, 3.05) is 11.9 Å². The van der Waals surface area contributed by atoms with Gasteiger partial charge in [0.25, 0.3) is 0 Å². The molecular formula is C13H16N4O3. The van der Waals surface area contributed by atoms with Crippen LogP contribution in [0.3, 0.4) is 0 Å². The van der Waals surface area contributed by atoms with Gasteiger partial charge in [-0.2, -0.15) is 0 Å². The number of rotatable bonds is 4. The number of anilines is 1. The van der Waals surface area contributed by atoms with Crippen LogP contribution in [-0.4, -0.2) is 35.3 Å². The molecule has 7 nitrogen and oxygen atoms in total. The van der Waals surface area contributed by atoms with Gasteiger partial charge in [-0.1, -0.05) is 12.1 Å². The molecule has 1 atom stereocenters. The summed E-state index contributed by atoms with van der Waals surface area (Å²) in [5.74, 6) is -0.558. The van der Waals surface area contributed by atoms with Gasteiger partial charge in [-0.15, -0.1) is 0 Å². The van der Waals surface area contributed by atoms with Gasteiger partial charge in [-0.05, 0) is 24.6 Å². The van der Waals surface area contributed by atoms with Crippen molar-refractivity contribution in [1.82, 2.24) is 10.2 Å². The van der Waals surface area contributed by atoms with Gasteiger partial charge in [0, 0.05) is 5.69 Å². The van der Waals surface area contributed by atoms with Gasteiger partial charge < -0.3 is 16.4 Å². The Hall–Kier alpha value is -2.41. The van der Waals surface area contributed by atoms with Crippen LogP contribution in [0.15, 0.2) is 24.3 Å². The molecule has 2 rings (SSSR count). The van der Waals surface area contributed by atoms with Gasteiger partial charge in [-0.3, -0.25) is 14.5 Å². The van der Waals surface area contributed by atoms with Crippen LogP contribution in [0.25, 0.3) is 0 Å². The van der Waals surface area contributed by atoms with Crippen molar-refractivity contribution in [3.63, 3.8) is 0 Å². The maximum absolute atomic E-state index is 11.5. The zero-order chi connectivity index (χ0) is 14.7. The molecule has 1 aromatic carbocycles. The molecule has 4 amide bonds. The van der Waals surface area contributed by atoms with Gasteiger partial charge in [-0.25, -0.2) is 4.79 Å². The highest BCUT2D eigenvalue weighted by atomic mass is 16.2. The fourth-order valence-corrected chi connectivity index (χ4v) is 1.80. The highest BCUT2D eigenvalue weighted by molar-refractivity contribution is 6.01. The lowest BCUT2D eigenvalue weighted by Gasteiger charge is -2.14. The first-order valence-corrected chi connectivity index (χ1v) is 6.21. The lowest BCUT2D eigenvalue weighted by atomic mass is 10.2. The fraction of sp³-hybridized carbons (Fsp3) is 0.308. The predicted octanol–water partition coefficient (Wildman–Crippen LogP) is 0.0241. The Bertz CT molecular complexity index is 540. The second-order valence-corrected chi connectivity index (χ2v) is 4.62. The van der Waals surface area contributed by atoms with Gasteiger partial charge in [0.15, 0.2) is 0 Å². The van der Waals surface area contributed by atoms with Crippen LogP contribution in [0.4, 0.5) is 10.5 Å². The summed E-state index contributed by atoms with van der Waals surface area (Å²) in [5.41, 5.74) is 6.80. The van der Waals surface area contributed by atoms with Crippen LogP contribution in [0, 0.1) is 0 Å². The summed E-state index contributed by atoms with van der Waals surface area (Å²) >= 11 is 0. The minimum Gasteiger partial charge on any atom is -0.329 e. The first kappa shape index (κ1) is 14.0. The van der Waals surface area contributed by atoms with Crippen molar-refractivity contribution < 1.29 is 14.4 Å². The van der Waals surface area contributed by atoms with E-state index in [0.717, 1.165) is 10.5 Å². The normalized spacial score (nSPS) is 16.0. The van der Waals surface area contributed by atoms with Crippen LogP contribution < -0.4 is 16.4 Å². The number of urea groups is 1. The summed E-state index contributed by atoms with van der Waals surface area (Å²) in [5, 5.41) is 5.11. The molecule has 1 aliphatic rings. The van der Waals surface area contributed by atoms with Crippen LogP contribution in [0.2, 0.25) is 0 Å². The van der Waals surface area contributed by atoms with E-state index in [-0.39, 0.29) is 24.9 Å². The summed E-state index contributed by atoms with van der Waals surface area (Å²) in [6, 6.07) is 5.93. The molecule has 106 valence electrons. The third kappa shape index (κ3) is 3.12. The molecule has 1 fully saturated rings. The van der Waals surface area contributed by atoms with Crippen molar-refractivity contribution in [2.24, 2.45) is 5.73 Å². The Morgan fingerprint density at radius 2 is 2.25 bits per heavy atom. The maximum atomic E-state index is 11.5. The number of imide groups is 1. The molecule has 0 aromatic heterocycles. The lowest BCUT2D eigenvalue weighted by molar-refractivity contribution is -0.125. The number of hydrogen-bond donors (Lipinski definition) is 3. The molecule has 0 unspecified atom stereocenters. The summed E-state index contributed by atoms with van der Waals surface area (Å²) in [6.45, 7) is 1.79. The van der Waals surface area contributed by atoms with Gasteiger partial charge in [0.2, 0.25) is 11.8 Å². The van der Waals surface area contributed by atoms with Crippen LogP contribution >= 0.6 is 0 Å². The van der Waals surface area contributed by atoms with E-state index in [1.54, 1.807) is 31.2 Å². The van der Waals surface area contributed by atoms with E-state index in [9.17, 15) is 14.4 Å². The molecule has 7 heteroatoms. The average Bonchev–Trinajstić information content (AvgIpc) is 2.71. The molecule has 0 spiro atoms. The Kier molecular flexibility index (Phi) is 3.99. The SMILES string of the molecule is C[C@@H](N)C(=O)Nc1cccc(CN2C(=O)CNC2=O)c1. The number of benzene rings is 1. The highest BCUT2D eigenvalue weighted by Gasteiger charge is 2.28. The Balaban J connectivity index is 2.08. The van der Waals surface area contributed by atoms with E-state index in [1.807, 2.05) is 0 Å². The summed E-state index contributed by atoms with van der Waals surface area (Å²) in [4.78, 5) is 35.6. The molecule has 0 saturated carbocycles. The number of nitrogens with zero attached hydrogens (tertiary/aromatic N) is 1. The standard InChI is InChI=1S/C13H16N4O3/c1-8(14)12(19)16-10-4-2-3-9(5-10)7-17-11(18)6-15-13(17)20/h2-5,8H,6-7,14H2,1H3,(H,15,20)(H,16,19)/t8-/m1/s1. The second-order valence-electron chi connectivity index (χ2n) is 4.62. The minimum atomic E-state index is -0.607. The minimum absolute atomic E-state index is 0.0277. The molecule has 1 saturated heterocycles. The van der Waals surface area contributed by atoms with Crippen molar-refractivity contribution in [1.29, 1.82) is 0 Å². The summed E-state index contributed by atoms with van der Waals surface area (Å²) in [7, 11) is 0. The highest BCUT2D eigenvalue weighted by Crippen LogP contribution is 2.14. The predicted molar refractivity (Wildman–Crippen MR) is 72.7 cm³/mol. The molecular weight excluding hydrogens is 260 g/mol. The van der Waals surface area contributed by atoms with E-state index < -0.39 is 12.1 Å². The van der Waals surface area contributed by atoms with E-state index in [0.29, 0.717) is 5.69 Å². The summed E-state index contributed by atoms with van der Waals surface area (Å²) in [6.07, 6.45) is 0. The average molecular weight is 276 g/mol. The molecule has 4 N–H and O–H groups in total. The smallest absolute Gasteiger partial charge is 0.324 e. The van der Waals surface area contributed by atoms with Crippen molar-refractivity contribution in [2.45, 2.75) is 19.5 Å². The third-order valence-corrected chi connectivity index (χ3v) is 2.89. The fourth-order valence-electron chi connectivity index (χ4n) is 1.80. The zero-order valence-corrected chi connectivity index (χ0v) is 11.1. The number of carbonyl (C=O) groups is 3. The topological polar surface area (TPSA) is 105 Å². The van der Waals surface area contributed by atoms with Crippen molar-refractivity contribution >= 4 is 23.5 Å². The molecule has 20 heavy (non-hydrogen) atoms. The van der Waals surface area contributed by atoms with E-state index in [2.05, 4.69) is 10.6 Å². The first-order valence-electron chi connectivity index (χ1n) is 6.21. The summed E-state index contributed by atoms with van der Waals surface area (Å²) < 4.78 is 0. The van der Waals surface area contributed by atoms with E-state index in [4.69, 9.17) is 5.73 Å².